The molecule has 26 heavy (non-hydrogen) atoms. The predicted octanol–water partition coefficient (Wildman–Crippen LogP) is 3.70. The van der Waals surface area contributed by atoms with Crippen LogP contribution in [0.15, 0.2) is 18.2 Å². The smallest absolute Gasteiger partial charge is 0.326 e. The Morgan fingerprint density at radius 2 is 1.92 bits per heavy atom. The summed E-state index contributed by atoms with van der Waals surface area (Å²) in [6.07, 6.45) is 2.74. The Bertz CT molecular complexity index is 708. The maximum atomic E-state index is 12.5. The summed E-state index contributed by atoms with van der Waals surface area (Å²) in [6.45, 7) is 5.87. The number of carboxylic acids is 1. The van der Waals surface area contributed by atoms with E-state index in [1.165, 1.54) is 12.1 Å². The van der Waals surface area contributed by atoms with Gasteiger partial charge < -0.3 is 15.7 Å². The molecule has 6 nitrogen and oxygen atoms in total. The van der Waals surface area contributed by atoms with Gasteiger partial charge in [-0.3, -0.25) is 9.59 Å². The normalized spacial score (nSPS) is 15.2. The van der Waals surface area contributed by atoms with E-state index in [9.17, 15) is 19.5 Å². The van der Waals surface area contributed by atoms with Crippen molar-refractivity contribution in [3.05, 3.63) is 28.8 Å². The van der Waals surface area contributed by atoms with Crippen LogP contribution in [0.4, 0.5) is 5.69 Å². The van der Waals surface area contributed by atoms with Gasteiger partial charge in [0.2, 0.25) is 5.91 Å². The highest BCUT2D eigenvalue weighted by Gasteiger charge is 2.30. The van der Waals surface area contributed by atoms with E-state index in [0.29, 0.717) is 24.4 Å². The van der Waals surface area contributed by atoms with E-state index in [1.54, 1.807) is 6.07 Å². The van der Waals surface area contributed by atoms with Crippen molar-refractivity contribution < 1.29 is 19.5 Å². The predicted molar refractivity (Wildman–Crippen MR) is 100 cm³/mol. The van der Waals surface area contributed by atoms with Crippen molar-refractivity contribution >= 4 is 35.1 Å². The standard InChI is InChI=1S/C19H25ClN2O4/c1-19(2,3)10-16(23)21-12-6-7-14(20)13(9-12)17(24)22-15(18(25)26)8-11-4-5-11/h6-7,9,11,15H,4-5,8,10H2,1-3H3,(H,21,23)(H,22,24)(H,25,26). The summed E-state index contributed by atoms with van der Waals surface area (Å²) >= 11 is 6.09. The summed E-state index contributed by atoms with van der Waals surface area (Å²) < 4.78 is 0. The molecule has 1 aromatic carbocycles. The minimum absolute atomic E-state index is 0.141. The molecule has 0 spiro atoms. The highest BCUT2D eigenvalue weighted by Crippen LogP contribution is 2.33. The zero-order valence-electron chi connectivity index (χ0n) is 15.3. The zero-order valence-corrected chi connectivity index (χ0v) is 16.0. The fourth-order valence-corrected chi connectivity index (χ4v) is 2.81. The van der Waals surface area contributed by atoms with Crippen LogP contribution >= 0.6 is 11.6 Å². The molecular weight excluding hydrogens is 356 g/mol. The molecule has 2 rings (SSSR count). The van der Waals surface area contributed by atoms with Crippen LogP contribution < -0.4 is 10.6 Å². The molecule has 0 aliphatic heterocycles. The Hall–Kier alpha value is -2.08. The molecule has 0 radical (unpaired) electrons. The van der Waals surface area contributed by atoms with Crippen molar-refractivity contribution in [1.29, 1.82) is 0 Å². The topological polar surface area (TPSA) is 95.5 Å². The van der Waals surface area contributed by atoms with Crippen molar-refractivity contribution in [3.63, 3.8) is 0 Å². The minimum Gasteiger partial charge on any atom is -0.480 e. The number of hydrogen-bond acceptors (Lipinski definition) is 3. The first-order valence-electron chi connectivity index (χ1n) is 8.68. The van der Waals surface area contributed by atoms with Gasteiger partial charge >= 0.3 is 5.97 Å². The molecule has 0 aromatic heterocycles. The molecule has 2 amide bonds. The van der Waals surface area contributed by atoms with E-state index in [2.05, 4.69) is 10.6 Å². The molecule has 1 atom stereocenters. The molecule has 0 heterocycles. The molecule has 0 saturated heterocycles. The third kappa shape index (κ3) is 6.33. The van der Waals surface area contributed by atoms with Gasteiger partial charge in [0.25, 0.3) is 5.91 Å². The second-order valence-corrected chi connectivity index (χ2v) is 8.43. The van der Waals surface area contributed by atoms with Crippen LogP contribution in [0.2, 0.25) is 5.02 Å². The Morgan fingerprint density at radius 1 is 1.27 bits per heavy atom. The molecule has 1 fully saturated rings. The molecule has 1 saturated carbocycles. The van der Waals surface area contributed by atoms with Crippen LogP contribution in [-0.4, -0.2) is 28.9 Å². The summed E-state index contributed by atoms with van der Waals surface area (Å²) in [4.78, 5) is 35.9. The summed E-state index contributed by atoms with van der Waals surface area (Å²) in [5.41, 5.74) is 0.430. The monoisotopic (exact) mass is 380 g/mol. The van der Waals surface area contributed by atoms with Crippen molar-refractivity contribution in [2.24, 2.45) is 11.3 Å². The lowest BCUT2D eigenvalue weighted by atomic mass is 9.92. The Kier molecular flexibility index (Phi) is 6.29. The molecule has 3 N–H and O–H groups in total. The number of carboxylic acid groups (broad SMARTS) is 1. The number of nitrogens with one attached hydrogen (secondary N) is 2. The first-order valence-corrected chi connectivity index (χ1v) is 9.06. The Morgan fingerprint density at radius 3 is 2.46 bits per heavy atom. The van der Waals surface area contributed by atoms with Crippen LogP contribution in [-0.2, 0) is 9.59 Å². The quantitative estimate of drug-likeness (QED) is 0.672. The SMILES string of the molecule is CC(C)(C)CC(=O)Nc1ccc(Cl)c(C(=O)NC(CC2CC2)C(=O)O)c1. The minimum atomic E-state index is -1.06. The largest absolute Gasteiger partial charge is 0.480 e. The lowest BCUT2D eigenvalue weighted by molar-refractivity contribution is -0.139. The average molecular weight is 381 g/mol. The van der Waals surface area contributed by atoms with Gasteiger partial charge in [0, 0.05) is 12.1 Å². The van der Waals surface area contributed by atoms with Crippen molar-refractivity contribution in [1.82, 2.24) is 5.32 Å². The second kappa shape index (κ2) is 8.08. The molecule has 0 bridgehead atoms. The van der Waals surface area contributed by atoms with Gasteiger partial charge in [-0.2, -0.15) is 0 Å². The van der Waals surface area contributed by atoms with E-state index in [0.717, 1.165) is 12.8 Å². The molecule has 142 valence electrons. The molecule has 1 aliphatic rings. The van der Waals surface area contributed by atoms with Crippen LogP contribution in [0, 0.1) is 11.3 Å². The van der Waals surface area contributed by atoms with E-state index < -0.39 is 17.9 Å². The fraction of sp³-hybridized carbons (Fsp3) is 0.526. The van der Waals surface area contributed by atoms with Crippen LogP contribution in [0.3, 0.4) is 0 Å². The number of benzene rings is 1. The summed E-state index contributed by atoms with van der Waals surface area (Å²) in [5.74, 6) is -1.43. The number of carbonyl (C=O) groups is 3. The highest BCUT2D eigenvalue weighted by atomic mass is 35.5. The van der Waals surface area contributed by atoms with Crippen LogP contribution in [0.5, 0.6) is 0 Å². The number of carbonyl (C=O) groups excluding carboxylic acids is 2. The van der Waals surface area contributed by atoms with Crippen molar-refractivity contribution in [2.45, 2.75) is 52.5 Å². The van der Waals surface area contributed by atoms with E-state index in [-0.39, 0.29) is 21.9 Å². The number of hydrogen-bond donors (Lipinski definition) is 3. The van der Waals surface area contributed by atoms with Gasteiger partial charge in [-0.15, -0.1) is 0 Å². The third-order valence-corrected chi connectivity index (χ3v) is 4.38. The summed E-state index contributed by atoms with van der Waals surface area (Å²) in [5, 5.41) is 14.8. The van der Waals surface area contributed by atoms with Gasteiger partial charge in [-0.1, -0.05) is 45.2 Å². The van der Waals surface area contributed by atoms with Gasteiger partial charge in [0.15, 0.2) is 0 Å². The Balaban J connectivity index is 2.08. The van der Waals surface area contributed by atoms with Gasteiger partial charge in [-0.25, -0.2) is 4.79 Å². The number of rotatable bonds is 7. The number of halogens is 1. The third-order valence-electron chi connectivity index (χ3n) is 4.06. The molecule has 7 heteroatoms. The van der Waals surface area contributed by atoms with E-state index in [1.807, 2.05) is 20.8 Å². The Labute approximate surface area is 158 Å². The number of aliphatic carboxylic acids is 1. The lowest BCUT2D eigenvalue weighted by Crippen LogP contribution is -2.41. The van der Waals surface area contributed by atoms with Crippen LogP contribution in [0.25, 0.3) is 0 Å². The van der Waals surface area contributed by atoms with Gasteiger partial charge in [-0.05, 0) is 36.0 Å². The fourth-order valence-electron chi connectivity index (χ4n) is 2.61. The maximum absolute atomic E-state index is 12.5. The van der Waals surface area contributed by atoms with E-state index >= 15 is 0 Å². The first kappa shape index (κ1) is 20.2. The maximum Gasteiger partial charge on any atom is 0.326 e. The molecular formula is C19H25ClN2O4. The van der Waals surface area contributed by atoms with Crippen LogP contribution in [0.1, 0.15) is 56.8 Å². The summed E-state index contributed by atoms with van der Waals surface area (Å²) in [7, 11) is 0. The molecule has 1 aliphatic carbocycles. The van der Waals surface area contributed by atoms with Crippen molar-refractivity contribution in [2.75, 3.05) is 5.32 Å². The highest BCUT2D eigenvalue weighted by molar-refractivity contribution is 6.34. The number of anilines is 1. The van der Waals surface area contributed by atoms with Crippen molar-refractivity contribution in [3.8, 4) is 0 Å². The van der Waals surface area contributed by atoms with Gasteiger partial charge in [0.05, 0.1) is 10.6 Å². The number of amides is 2. The summed E-state index contributed by atoms with van der Waals surface area (Å²) in [6, 6.07) is 3.65. The zero-order chi connectivity index (χ0) is 19.5. The molecule has 1 unspecified atom stereocenters. The van der Waals surface area contributed by atoms with E-state index in [4.69, 9.17) is 11.6 Å². The first-order chi connectivity index (χ1) is 12.0. The molecule has 1 aromatic rings. The lowest BCUT2D eigenvalue weighted by Gasteiger charge is -2.18. The average Bonchev–Trinajstić information content (AvgIpc) is 3.30. The second-order valence-electron chi connectivity index (χ2n) is 8.02. The van der Waals surface area contributed by atoms with Gasteiger partial charge in [0.1, 0.15) is 6.04 Å².